The molecule has 0 nitrogen and oxygen atoms in total. The van der Waals surface area contributed by atoms with E-state index < -0.39 is 0 Å². The molecule has 0 aliphatic heterocycles. The van der Waals surface area contributed by atoms with Crippen molar-refractivity contribution >= 4 is 28.2 Å². The summed E-state index contributed by atoms with van der Waals surface area (Å²) in [6.07, 6.45) is 0.970. The number of rotatable bonds is 4. The molecule has 3 aromatic rings. The Bertz CT molecular complexity index is 825. The number of hydrogen-bond donors (Lipinski definition) is 0. The van der Waals surface area contributed by atoms with Crippen LogP contribution in [-0.2, 0) is 6.42 Å². The maximum atomic E-state index is 2.54. The molecule has 0 aliphatic rings. The van der Waals surface area contributed by atoms with Crippen molar-refractivity contribution in [3.05, 3.63) is 110 Å². The predicted octanol–water partition coefficient (Wildman–Crippen LogP) is 7.05. The Morgan fingerprint density at radius 1 is 0.720 bits per heavy atom. The van der Waals surface area contributed by atoms with E-state index in [1.807, 2.05) is 0 Å². The molecular weight excluding hydrogens is 415 g/mol. The van der Waals surface area contributed by atoms with Crippen molar-refractivity contribution in [1.29, 1.82) is 0 Å². The van der Waals surface area contributed by atoms with Gasteiger partial charge in [0, 0.05) is 10.0 Å². The first kappa shape index (κ1) is 17.9. The molecule has 0 aliphatic carbocycles. The predicted molar refractivity (Wildman–Crippen MR) is 117 cm³/mol. The third kappa shape index (κ3) is 4.21. The highest BCUT2D eigenvalue weighted by atomic mass is 127. The molecule has 0 atom stereocenters. The van der Waals surface area contributed by atoms with Gasteiger partial charge in [-0.1, -0.05) is 78.4 Å². The van der Waals surface area contributed by atoms with Gasteiger partial charge in [-0.15, -0.1) is 0 Å². The molecule has 0 heterocycles. The minimum atomic E-state index is 0.970. The molecule has 3 rings (SSSR count). The second-order valence-corrected chi connectivity index (χ2v) is 7.87. The van der Waals surface area contributed by atoms with Crippen LogP contribution in [0.2, 0.25) is 0 Å². The Labute approximate surface area is 164 Å². The number of halogens is 1. The molecule has 0 saturated carbocycles. The van der Waals surface area contributed by atoms with Gasteiger partial charge in [0.15, 0.2) is 0 Å². The summed E-state index contributed by atoms with van der Waals surface area (Å²) in [6, 6.07) is 26.0. The molecule has 0 amide bonds. The van der Waals surface area contributed by atoms with Crippen LogP contribution in [-0.4, -0.2) is 0 Å². The normalized spacial score (nSPS) is 10.6. The number of hydrogen-bond acceptors (Lipinski definition) is 0. The molecule has 0 bridgehead atoms. The van der Waals surface area contributed by atoms with E-state index in [4.69, 9.17) is 0 Å². The third-order valence-electron chi connectivity index (χ3n) is 4.57. The lowest BCUT2D eigenvalue weighted by Gasteiger charge is -2.16. The zero-order valence-electron chi connectivity index (χ0n) is 15.0. The van der Waals surface area contributed by atoms with E-state index in [1.54, 1.807) is 0 Å². The van der Waals surface area contributed by atoms with E-state index in [1.165, 1.54) is 42.5 Å². The van der Waals surface area contributed by atoms with Gasteiger partial charge in [0.2, 0.25) is 0 Å². The van der Waals surface area contributed by atoms with Gasteiger partial charge in [0.05, 0.1) is 0 Å². The Hall–Kier alpha value is -1.87. The van der Waals surface area contributed by atoms with Crippen molar-refractivity contribution in [2.45, 2.75) is 27.2 Å². The molecule has 1 heteroatoms. The first-order valence-electron chi connectivity index (χ1n) is 8.62. The molecule has 0 radical (unpaired) electrons. The average molecular weight is 438 g/mol. The molecule has 0 fully saturated rings. The minimum absolute atomic E-state index is 0.970. The summed E-state index contributed by atoms with van der Waals surface area (Å²) in [4.78, 5) is 0. The molecular formula is C24H23I. The zero-order valence-corrected chi connectivity index (χ0v) is 17.2. The molecule has 126 valence electrons. The van der Waals surface area contributed by atoms with E-state index in [2.05, 4.69) is 116 Å². The summed E-state index contributed by atoms with van der Waals surface area (Å²) in [7, 11) is 0. The van der Waals surface area contributed by atoms with Crippen molar-refractivity contribution in [2.24, 2.45) is 0 Å². The fourth-order valence-electron chi connectivity index (χ4n) is 3.42. The van der Waals surface area contributed by atoms with E-state index >= 15 is 0 Å². The average Bonchev–Trinajstić information content (AvgIpc) is 2.60. The summed E-state index contributed by atoms with van der Waals surface area (Å²) in [6.45, 7) is 6.62. The van der Waals surface area contributed by atoms with Crippen LogP contribution in [0.1, 0.15) is 33.4 Å². The van der Waals surface area contributed by atoms with E-state index in [9.17, 15) is 0 Å². The van der Waals surface area contributed by atoms with Crippen molar-refractivity contribution in [2.75, 3.05) is 0 Å². The number of allylic oxidation sites excluding steroid dienone is 1. The summed E-state index contributed by atoms with van der Waals surface area (Å²) >= 11 is 2.54. The van der Waals surface area contributed by atoms with Crippen LogP contribution in [0.15, 0.2) is 76.4 Å². The second-order valence-electron chi connectivity index (χ2n) is 6.57. The number of aryl methyl sites for hydroxylation is 3. The van der Waals surface area contributed by atoms with Crippen LogP contribution in [0.3, 0.4) is 0 Å². The van der Waals surface area contributed by atoms with E-state index in [-0.39, 0.29) is 0 Å². The van der Waals surface area contributed by atoms with Gasteiger partial charge in [0.1, 0.15) is 0 Å². The van der Waals surface area contributed by atoms with Gasteiger partial charge in [0.25, 0.3) is 0 Å². The topological polar surface area (TPSA) is 0 Å². The van der Waals surface area contributed by atoms with E-state index in [0.717, 1.165) is 6.42 Å². The van der Waals surface area contributed by atoms with Crippen LogP contribution in [0.4, 0.5) is 0 Å². The summed E-state index contributed by atoms with van der Waals surface area (Å²) < 4.78 is 1.38. The summed E-state index contributed by atoms with van der Waals surface area (Å²) in [5, 5.41) is 0. The molecule has 0 N–H and O–H groups in total. The minimum Gasteiger partial charge on any atom is -0.0622 e. The van der Waals surface area contributed by atoms with Gasteiger partial charge in [-0.25, -0.2) is 0 Å². The first-order chi connectivity index (χ1) is 12.1. The van der Waals surface area contributed by atoms with Gasteiger partial charge >= 0.3 is 0 Å². The summed E-state index contributed by atoms with van der Waals surface area (Å²) in [5.74, 6) is 0. The van der Waals surface area contributed by atoms with Gasteiger partial charge in [-0.2, -0.15) is 0 Å². The number of benzene rings is 3. The highest BCUT2D eigenvalue weighted by Crippen LogP contribution is 2.33. The van der Waals surface area contributed by atoms with Crippen molar-refractivity contribution in [3.63, 3.8) is 0 Å². The molecule has 0 unspecified atom stereocenters. The van der Waals surface area contributed by atoms with Crippen LogP contribution in [0, 0.1) is 20.8 Å². The monoisotopic (exact) mass is 438 g/mol. The highest BCUT2D eigenvalue weighted by Gasteiger charge is 2.13. The fourth-order valence-corrected chi connectivity index (χ4v) is 4.43. The van der Waals surface area contributed by atoms with Crippen molar-refractivity contribution in [1.82, 2.24) is 0 Å². The Morgan fingerprint density at radius 2 is 1.16 bits per heavy atom. The Balaban J connectivity index is 2.12. The molecule has 0 aromatic heterocycles. The molecule has 0 saturated heterocycles. The van der Waals surface area contributed by atoms with Crippen LogP contribution in [0.5, 0.6) is 0 Å². The first-order valence-corrected chi connectivity index (χ1v) is 9.70. The van der Waals surface area contributed by atoms with Crippen molar-refractivity contribution < 1.29 is 0 Å². The van der Waals surface area contributed by atoms with Crippen LogP contribution < -0.4 is 0 Å². The van der Waals surface area contributed by atoms with Crippen LogP contribution >= 0.6 is 22.6 Å². The lowest BCUT2D eigenvalue weighted by Crippen LogP contribution is -1.98. The lowest BCUT2D eigenvalue weighted by molar-refractivity contribution is 1.15. The Kier molecular flexibility index (Phi) is 5.74. The Morgan fingerprint density at radius 3 is 1.60 bits per heavy atom. The zero-order chi connectivity index (χ0) is 17.8. The fraction of sp³-hybridized carbons (Fsp3) is 0.167. The van der Waals surface area contributed by atoms with E-state index in [0.29, 0.717) is 0 Å². The van der Waals surface area contributed by atoms with Gasteiger partial charge in [-0.05, 0) is 76.8 Å². The van der Waals surface area contributed by atoms with Gasteiger partial charge in [-0.3, -0.25) is 0 Å². The lowest BCUT2D eigenvalue weighted by atomic mass is 9.93. The van der Waals surface area contributed by atoms with Gasteiger partial charge < -0.3 is 0 Å². The SMILES string of the molecule is Cc1cc(C)c(CC(I)=C(c2ccccc2)c2ccccc2)c(C)c1. The molecule has 3 aromatic carbocycles. The highest BCUT2D eigenvalue weighted by molar-refractivity contribution is 14.1. The maximum Gasteiger partial charge on any atom is 0.00442 e. The third-order valence-corrected chi connectivity index (χ3v) is 5.49. The molecule has 0 spiro atoms. The molecule has 25 heavy (non-hydrogen) atoms. The van der Waals surface area contributed by atoms with Crippen LogP contribution in [0.25, 0.3) is 5.57 Å². The standard InChI is InChI=1S/C24H23I/c1-17-14-18(2)22(19(3)15-17)16-23(25)24(20-10-6-4-7-11-20)21-12-8-5-9-13-21/h4-15H,16H2,1-3H3. The summed E-state index contributed by atoms with van der Waals surface area (Å²) in [5.41, 5.74) is 9.44. The largest absolute Gasteiger partial charge is 0.0622 e. The smallest absolute Gasteiger partial charge is 0.00442 e. The van der Waals surface area contributed by atoms with Crippen molar-refractivity contribution in [3.8, 4) is 0 Å². The maximum absolute atomic E-state index is 2.54. The quantitative estimate of drug-likeness (QED) is 0.383. The second kappa shape index (κ2) is 8.01.